The van der Waals surface area contributed by atoms with Crippen LogP contribution in [0.25, 0.3) is 0 Å². The molecule has 0 spiro atoms. The third-order valence-electron chi connectivity index (χ3n) is 17.7. The molecule has 0 N–H and O–H groups in total. The van der Waals surface area contributed by atoms with Gasteiger partial charge in [-0.15, -0.1) is 0 Å². The number of thioether (sulfide) groups is 1. The minimum Gasteiger partial charge on any atom is -1.00 e. The molecule has 0 radical (unpaired) electrons. The third kappa shape index (κ3) is 24.0. The van der Waals surface area contributed by atoms with Crippen LogP contribution >= 0.6 is 69.8 Å². The van der Waals surface area contributed by atoms with Gasteiger partial charge in [-0.1, -0.05) is 82.4 Å². The Morgan fingerprint density at radius 2 is 1.05 bits per heavy atom. The summed E-state index contributed by atoms with van der Waals surface area (Å²) in [6.07, 6.45) is 39.3. The predicted molar refractivity (Wildman–Crippen MR) is 359 cm³/mol. The molecular weight excluding hydrogens is 1350 g/mol. The number of para-hydroxylation sites is 2. The number of ether oxygens (including phenoxy) is 2. The standard InChI is InChI=1S/C18H33P.2C15H24NS.2C10H12O.5ClH.2Ru/c1-4-10-16(11-5-1)19(17-12-6-2-7-13-17)18-14-8-3-9-15-18;2*1-5-13-8-7-9-14(6-2)15(13)16-10-17-12(4)11(16)3;2*1-8(2)11-10-7-5-4-6-9(10)3;;;;;;;/h16-18H,1-15H2;2*8,10,14-15H,5-7,9H2,1-4H3;2*3-8H,1-2H3;5*1H;;/q;-1;+1;;;;;;;;2*+2/p-4/t;2*14-,15+;;;;;;;;;/m.11........./s1. The summed E-state index contributed by atoms with van der Waals surface area (Å²) in [4.78, 5) is 5.45. The van der Waals surface area contributed by atoms with Gasteiger partial charge in [0.2, 0.25) is 5.51 Å². The van der Waals surface area contributed by atoms with Crippen LogP contribution in [0.3, 0.4) is 0 Å². The summed E-state index contributed by atoms with van der Waals surface area (Å²) in [5, 5.41) is 0. The smallest absolute Gasteiger partial charge is 0.225 e. The number of allylic oxidation sites excluding steroid dienone is 5. The van der Waals surface area contributed by atoms with Crippen molar-refractivity contribution in [3.63, 3.8) is 0 Å². The average molecular weight is 1460 g/mol. The molecule has 0 amide bonds. The number of rotatable bonds is 15. The first-order valence-electron chi connectivity index (χ1n) is 31.3. The Labute approximate surface area is 543 Å². The average Bonchev–Trinajstić information content (AvgIpc) is 4.17. The molecule has 468 valence electrons. The summed E-state index contributed by atoms with van der Waals surface area (Å²) in [6.45, 7) is 26.2. The van der Waals surface area contributed by atoms with Gasteiger partial charge in [0.05, 0.1) is 21.9 Å². The fourth-order valence-corrected chi connectivity index (χ4v) is 23.9. The summed E-state index contributed by atoms with van der Waals surface area (Å²) in [6, 6.07) is 16.8. The van der Waals surface area contributed by atoms with E-state index in [1.807, 2.05) is 109 Å². The molecule has 9 rings (SSSR count). The molecule has 2 aromatic carbocycles. The number of benzene rings is 2. The predicted octanol–water partition coefficient (Wildman–Crippen LogP) is 19.6. The van der Waals surface area contributed by atoms with Crippen molar-refractivity contribution in [1.29, 1.82) is 0 Å². The Hall–Kier alpha value is -0.0932. The molecule has 4 nitrogen and oxygen atoms in total. The van der Waals surface area contributed by atoms with Gasteiger partial charge >= 0.3 is 196 Å². The van der Waals surface area contributed by atoms with E-state index in [1.54, 1.807) is 107 Å². The third-order valence-corrected chi connectivity index (χ3v) is 27.8. The molecule has 2 heterocycles. The summed E-state index contributed by atoms with van der Waals surface area (Å²) >= 11 is 0.230. The first-order chi connectivity index (χ1) is 39.0. The Bertz CT molecular complexity index is 2360. The van der Waals surface area contributed by atoms with Crippen LogP contribution in [0.5, 0.6) is 11.5 Å². The van der Waals surface area contributed by atoms with E-state index in [0.717, 1.165) is 34.5 Å². The number of aromatic nitrogens is 1. The van der Waals surface area contributed by atoms with E-state index in [4.69, 9.17) is 48.2 Å². The first kappa shape index (κ1) is 74.4. The van der Waals surface area contributed by atoms with Crippen LogP contribution < -0.4 is 26.4 Å². The van der Waals surface area contributed by atoms with Crippen molar-refractivity contribution >= 4 is 79.0 Å². The van der Waals surface area contributed by atoms with Gasteiger partial charge < -0.3 is 17.3 Å². The topological polar surface area (TPSA) is 25.6 Å². The number of aryl methyl sites for hydroxylation is 1. The van der Waals surface area contributed by atoms with Crippen molar-refractivity contribution in [2.75, 3.05) is 0 Å². The minimum atomic E-state index is -1.77. The van der Waals surface area contributed by atoms with Crippen molar-refractivity contribution in [2.24, 2.45) is 11.8 Å². The second kappa shape index (κ2) is 40.5. The quantitative estimate of drug-likeness (QED) is 0.0498. The number of nitrogens with zero attached hydrogens (tertiary/aromatic N) is 2. The molecule has 3 aromatic rings. The van der Waals surface area contributed by atoms with Gasteiger partial charge in [0.25, 0.3) is 0 Å². The minimum absolute atomic E-state index is 0. The second-order valence-electron chi connectivity index (χ2n) is 23.7. The van der Waals surface area contributed by atoms with Crippen LogP contribution in [0.2, 0.25) is 0 Å². The zero-order chi connectivity index (χ0) is 58.8. The van der Waals surface area contributed by atoms with Gasteiger partial charge in [-0.05, 0) is 165 Å². The molecule has 14 heteroatoms. The number of hydrogen-bond acceptors (Lipinski definition) is 5. The van der Waals surface area contributed by atoms with Gasteiger partial charge in [-0.25, -0.2) is 0 Å². The van der Waals surface area contributed by atoms with Crippen molar-refractivity contribution in [1.82, 2.24) is 4.90 Å². The van der Waals surface area contributed by atoms with Gasteiger partial charge in [0.15, 0.2) is 11.7 Å². The molecule has 0 saturated heterocycles. The zero-order valence-corrected chi connectivity index (χ0v) is 62.1. The van der Waals surface area contributed by atoms with Crippen LogP contribution in [0, 0.1) is 31.6 Å². The maximum absolute atomic E-state index is 5.82. The van der Waals surface area contributed by atoms with E-state index in [0.29, 0.717) is 12.1 Å². The van der Waals surface area contributed by atoms with Crippen LogP contribution in [-0.2, 0) is 27.0 Å². The van der Waals surface area contributed by atoms with Gasteiger partial charge in [-0.3, -0.25) is 11.8 Å². The van der Waals surface area contributed by atoms with E-state index in [2.05, 4.69) is 88.4 Å². The maximum atomic E-state index is 5.82. The van der Waals surface area contributed by atoms with Crippen molar-refractivity contribution in [2.45, 2.75) is 272 Å². The van der Waals surface area contributed by atoms with E-state index in [1.165, 1.54) is 89.5 Å². The van der Waals surface area contributed by atoms with Crippen molar-refractivity contribution in [3.8, 4) is 11.5 Å². The fraction of sp³-hybridized carbons (Fsp3) is 0.647. The van der Waals surface area contributed by atoms with Crippen LogP contribution in [0.4, 0.5) is 0 Å². The molecule has 4 atom stereocenters. The molecule has 6 aliphatic rings. The van der Waals surface area contributed by atoms with Crippen LogP contribution in [0.1, 0.15) is 245 Å². The molecule has 3 fully saturated rings. The first-order valence-corrected chi connectivity index (χ1v) is 45.8. The van der Waals surface area contributed by atoms with E-state index in [9.17, 15) is 0 Å². The monoisotopic (exact) mass is 1460 g/mol. The molecular formula is C68H106Cl5N2O2PRu2S2. The molecule has 82 heavy (non-hydrogen) atoms. The Morgan fingerprint density at radius 3 is 1.41 bits per heavy atom. The van der Waals surface area contributed by atoms with Crippen molar-refractivity contribution < 1.29 is 53.5 Å². The number of hydrogen-bond donors (Lipinski definition) is 0. The summed E-state index contributed by atoms with van der Waals surface area (Å²) in [7, 11) is 23.2. The maximum Gasteiger partial charge on any atom is 0.225 e. The molecule has 3 saturated carbocycles. The SMILES string of the molecule is C1CCC([PH+](C2CCCCC2)C2CCCCC2)CC1.CC(C)Oc1ccccc1[CH]=[Ru]([Cl])[Cl].CC(C)Oc1ccccc1[CH]=[Ru]([Cl])[Cl].CCC1=CCC[C@@H](CC)[C@H]1N1[CH-]SC(C)=C1C.CCC1=CCC[C@@H](CC)[C@H]1[n+]1csc(C)c1C.[Cl-]. The van der Waals surface area contributed by atoms with Crippen molar-refractivity contribution in [3.05, 3.63) is 116 Å². The van der Waals surface area contributed by atoms with E-state index < -0.39 is 27.0 Å². The van der Waals surface area contributed by atoms with E-state index >= 15 is 0 Å². The van der Waals surface area contributed by atoms with Gasteiger partial charge in [0.1, 0.15) is 0 Å². The summed E-state index contributed by atoms with van der Waals surface area (Å²) in [5.74, 6) is 5.68. The largest absolute Gasteiger partial charge is 1.00 e. The Kier molecular flexibility index (Phi) is 36.8. The molecule has 0 unspecified atom stereocenters. The number of thiazole rings is 1. The Morgan fingerprint density at radius 1 is 0.622 bits per heavy atom. The normalized spacial score (nSPS) is 21.9. The molecule has 1 aromatic heterocycles. The van der Waals surface area contributed by atoms with Gasteiger partial charge in [-0.2, -0.15) is 10.4 Å². The van der Waals surface area contributed by atoms with Crippen LogP contribution in [0.15, 0.2) is 87.9 Å². The molecule has 1 aliphatic heterocycles. The summed E-state index contributed by atoms with van der Waals surface area (Å²) < 4.78 is 17.6. The number of halogens is 5. The zero-order valence-electron chi connectivity index (χ0n) is 52.2. The summed E-state index contributed by atoms with van der Waals surface area (Å²) in [5.41, 5.74) is 14.2. The van der Waals surface area contributed by atoms with Crippen LogP contribution in [-0.4, -0.2) is 49.3 Å². The van der Waals surface area contributed by atoms with E-state index in [-0.39, 0.29) is 32.5 Å². The molecule has 5 aliphatic carbocycles. The van der Waals surface area contributed by atoms with Gasteiger partial charge in [0, 0.05) is 26.8 Å². The second-order valence-corrected chi connectivity index (χ2v) is 40.7. The molecule has 0 bridgehead atoms. The fourth-order valence-electron chi connectivity index (χ4n) is 13.3. The Balaban J connectivity index is 0.000000221.